The number of aromatic carboxylic acids is 1. The van der Waals surface area contributed by atoms with Crippen molar-refractivity contribution >= 4 is 17.3 Å². The van der Waals surface area contributed by atoms with Crippen molar-refractivity contribution in [1.29, 1.82) is 0 Å². The summed E-state index contributed by atoms with van der Waals surface area (Å²) in [6.07, 6.45) is 0.863. The van der Waals surface area contributed by atoms with E-state index in [0.29, 0.717) is 11.4 Å². The maximum Gasteiger partial charge on any atom is 0.339 e. The van der Waals surface area contributed by atoms with Crippen molar-refractivity contribution in [3.63, 3.8) is 0 Å². The summed E-state index contributed by atoms with van der Waals surface area (Å²) in [5.41, 5.74) is 2.39. The van der Waals surface area contributed by atoms with Crippen molar-refractivity contribution in [1.82, 2.24) is 14.8 Å². The average molecular weight is 251 g/mol. The number of hydrogen-bond acceptors (Lipinski definition) is 4. The lowest BCUT2D eigenvalue weighted by atomic mass is 10.2. The molecule has 0 saturated carbocycles. The predicted molar refractivity (Wildman–Crippen MR) is 65.0 cm³/mol. The summed E-state index contributed by atoms with van der Waals surface area (Å²) in [6.45, 7) is 5.47. The van der Waals surface area contributed by atoms with Crippen molar-refractivity contribution < 1.29 is 9.90 Å². The molecule has 0 spiro atoms. The van der Waals surface area contributed by atoms with Crippen molar-refractivity contribution in [2.24, 2.45) is 0 Å². The van der Waals surface area contributed by atoms with Crippen molar-refractivity contribution in [2.45, 2.75) is 27.2 Å². The van der Waals surface area contributed by atoms with Gasteiger partial charge < -0.3 is 5.11 Å². The summed E-state index contributed by atoms with van der Waals surface area (Å²) >= 11 is 1.47. The molecular weight excluding hydrogens is 238 g/mol. The molecule has 0 fully saturated rings. The Morgan fingerprint density at radius 2 is 2.24 bits per heavy atom. The second-order valence-electron chi connectivity index (χ2n) is 3.74. The molecule has 6 heteroatoms. The van der Waals surface area contributed by atoms with Crippen LogP contribution in [0.4, 0.5) is 0 Å². The quantitative estimate of drug-likeness (QED) is 0.908. The number of aryl methyl sites for hydroxylation is 2. The molecule has 2 aromatic rings. The minimum absolute atomic E-state index is 0.262. The number of carbonyl (C=O) groups is 1. The third kappa shape index (κ3) is 1.95. The standard InChI is InChI=1S/C11H13N3O2S/c1-4-8-5-17-11(12-8)14-7(3)9(10(15)16)6(2)13-14/h5H,4H2,1-3H3,(H,15,16). The first kappa shape index (κ1) is 11.8. The van der Waals surface area contributed by atoms with E-state index < -0.39 is 5.97 Å². The molecule has 90 valence electrons. The fourth-order valence-corrected chi connectivity index (χ4v) is 2.60. The number of rotatable bonds is 3. The molecule has 5 nitrogen and oxygen atoms in total. The largest absolute Gasteiger partial charge is 0.478 e. The van der Waals surface area contributed by atoms with Crippen LogP contribution < -0.4 is 0 Å². The molecule has 0 aromatic carbocycles. The molecule has 17 heavy (non-hydrogen) atoms. The number of thiazole rings is 1. The highest BCUT2D eigenvalue weighted by molar-refractivity contribution is 7.12. The van der Waals surface area contributed by atoms with Gasteiger partial charge in [0.05, 0.1) is 17.1 Å². The van der Waals surface area contributed by atoms with E-state index in [9.17, 15) is 4.79 Å². The normalized spacial score (nSPS) is 10.8. The number of carboxylic acid groups (broad SMARTS) is 1. The molecule has 0 bridgehead atoms. The monoisotopic (exact) mass is 251 g/mol. The van der Waals surface area contributed by atoms with Gasteiger partial charge in [-0.2, -0.15) is 5.10 Å². The zero-order chi connectivity index (χ0) is 12.6. The summed E-state index contributed by atoms with van der Waals surface area (Å²) < 4.78 is 1.60. The maximum absolute atomic E-state index is 11.1. The predicted octanol–water partition coefficient (Wildman–Crippen LogP) is 2.21. The van der Waals surface area contributed by atoms with Gasteiger partial charge in [0, 0.05) is 5.38 Å². The van der Waals surface area contributed by atoms with E-state index in [1.54, 1.807) is 18.5 Å². The van der Waals surface area contributed by atoms with Crippen LogP contribution in [0.1, 0.15) is 34.4 Å². The van der Waals surface area contributed by atoms with Crippen LogP contribution in [-0.4, -0.2) is 25.8 Å². The molecule has 0 atom stereocenters. The highest BCUT2D eigenvalue weighted by Gasteiger charge is 2.19. The lowest BCUT2D eigenvalue weighted by Gasteiger charge is -1.98. The fraction of sp³-hybridized carbons (Fsp3) is 0.364. The van der Waals surface area contributed by atoms with Crippen LogP contribution in [0.5, 0.6) is 0 Å². The number of carboxylic acids is 1. The lowest BCUT2D eigenvalue weighted by Crippen LogP contribution is -2.02. The third-order valence-electron chi connectivity index (χ3n) is 2.59. The first-order valence-electron chi connectivity index (χ1n) is 5.28. The van der Waals surface area contributed by atoms with Gasteiger partial charge in [0.1, 0.15) is 5.56 Å². The van der Waals surface area contributed by atoms with Crippen LogP contribution in [0.2, 0.25) is 0 Å². The zero-order valence-electron chi connectivity index (χ0n) is 9.89. The first-order valence-corrected chi connectivity index (χ1v) is 6.16. The molecule has 0 amide bonds. The summed E-state index contributed by atoms with van der Waals surface area (Å²) in [4.78, 5) is 15.5. The van der Waals surface area contributed by atoms with Gasteiger partial charge in [-0.3, -0.25) is 0 Å². The minimum Gasteiger partial charge on any atom is -0.478 e. The van der Waals surface area contributed by atoms with Crippen LogP contribution >= 0.6 is 11.3 Å². The van der Waals surface area contributed by atoms with Gasteiger partial charge in [-0.15, -0.1) is 11.3 Å². The number of hydrogen-bond donors (Lipinski definition) is 1. The Morgan fingerprint density at radius 3 is 2.71 bits per heavy atom. The third-order valence-corrected chi connectivity index (χ3v) is 3.45. The van der Waals surface area contributed by atoms with Crippen molar-refractivity contribution in [3.8, 4) is 5.13 Å². The minimum atomic E-state index is -0.946. The van der Waals surface area contributed by atoms with E-state index >= 15 is 0 Å². The summed E-state index contributed by atoms with van der Waals surface area (Å²) in [5, 5.41) is 16.0. The summed E-state index contributed by atoms with van der Waals surface area (Å²) in [6, 6.07) is 0. The molecule has 0 radical (unpaired) electrons. The van der Waals surface area contributed by atoms with Crippen LogP contribution in [0.25, 0.3) is 5.13 Å². The highest BCUT2D eigenvalue weighted by Crippen LogP contribution is 2.20. The average Bonchev–Trinajstić information content (AvgIpc) is 2.82. The molecule has 0 unspecified atom stereocenters. The summed E-state index contributed by atoms with van der Waals surface area (Å²) in [7, 11) is 0. The molecule has 2 rings (SSSR count). The molecule has 2 aromatic heterocycles. The molecule has 1 N–H and O–H groups in total. The fourth-order valence-electron chi connectivity index (χ4n) is 1.69. The molecule has 2 heterocycles. The van der Waals surface area contributed by atoms with Crippen molar-refractivity contribution in [3.05, 3.63) is 28.0 Å². The van der Waals surface area contributed by atoms with Gasteiger partial charge in [-0.25, -0.2) is 14.5 Å². The molecule has 0 aliphatic carbocycles. The van der Waals surface area contributed by atoms with Crippen molar-refractivity contribution in [2.75, 3.05) is 0 Å². The van der Waals surface area contributed by atoms with Crippen LogP contribution in [0, 0.1) is 13.8 Å². The smallest absolute Gasteiger partial charge is 0.339 e. The van der Waals surface area contributed by atoms with Crippen LogP contribution in [-0.2, 0) is 6.42 Å². The highest BCUT2D eigenvalue weighted by atomic mass is 32.1. The maximum atomic E-state index is 11.1. The Hall–Kier alpha value is -1.69. The Balaban J connectivity index is 2.53. The second kappa shape index (κ2) is 4.29. The van der Waals surface area contributed by atoms with E-state index in [4.69, 9.17) is 5.11 Å². The van der Waals surface area contributed by atoms with E-state index in [0.717, 1.165) is 17.2 Å². The van der Waals surface area contributed by atoms with Gasteiger partial charge in [0.2, 0.25) is 5.13 Å². The number of nitrogens with zero attached hydrogens (tertiary/aromatic N) is 3. The Labute approximate surface area is 103 Å². The zero-order valence-corrected chi connectivity index (χ0v) is 10.7. The van der Waals surface area contributed by atoms with E-state index in [2.05, 4.69) is 10.1 Å². The van der Waals surface area contributed by atoms with Gasteiger partial charge in [-0.1, -0.05) is 6.92 Å². The van der Waals surface area contributed by atoms with Gasteiger partial charge in [0.15, 0.2) is 0 Å². The topological polar surface area (TPSA) is 68.0 Å². The molecular formula is C11H13N3O2S. The van der Waals surface area contributed by atoms with E-state index in [1.807, 2.05) is 12.3 Å². The molecule has 0 saturated heterocycles. The van der Waals surface area contributed by atoms with Gasteiger partial charge >= 0.3 is 5.97 Å². The van der Waals surface area contributed by atoms with Gasteiger partial charge in [-0.05, 0) is 20.3 Å². The Morgan fingerprint density at radius 1 is 1.53 bits per heavy atom. The second-order valence-corrected chi connectivity index (χ2v) is 4.57. The number of aromatic nitrogens is 3. The van der Waals surface area contributed by atoms with E-state index in [-0.39, 0.29) is 5.56 Å². The Kier molecular flexibility index (Phi) is 2.97. The van der Waals surface area contributed by atoms with Crippen LogP contribution in [0.3, 0.4) is 0 Å². The molecule has 0 aliphatic rings. The lowest BCUT2D eigenvalue weighted by molar-refractivity contribution is 0.0695. The molecule has 0 aliphatic heterocycles. The van der Waals surface area contributed by atoms with E-state index in [1.165, 1.54) is 11.3 Å². The SMILES string of the molecule is CCc1csc(-n2nc(C)c(C(=O)O)c2C)n1. The first-order chi connectivity index (χ1) is 8.04. The Bertz CT molecular complexity index is 571. The van der Waals surface area contributed by atoms with Gasteiger partial charge in [0.25, 0.3) is 0 Å². The van der Waals surface area contributed by atoms with Crippen LogP contribution in [0.15, 0.2) is 5.38 Å². The summed E-state index contributed by atoms with van der Waals surface area (Å²) in [5.74, 6) is -0.946.